The highest BCUT2D eigenvalue weighted by atomic mass is 16.5. The molecule has 0 saturated carbocycles. The Kier molecular flexibility index (Phi) is 3.06. The van der Waals surface area contributed by atoms with Crippen LogP contribution in [0.3, 0.4) is 0 Å². The topological polar surface area (TPSA) is 76.7 Å². The van der Waals surface area contributed by atoms with Crippen LogP contribution in [-0.2, 0) is 0 Å². The average Bonchev–Trinajstić information content (AvgIpc) is 3.12. The Hall–Kier alpha value is -3.28. The van der Waals surface area contributed by atoms with Gasteiger partial charge in [0.1, 0.15) is 22.9 Å². The van der Waals surface area contributed by atoms with Crippen LogP contribution in [0.5, 0.6) is 11.5 Å². The van der Waals surface area contributed by atoms with Crippen molar-refractivity contribution < 1.29 is 19.1 Å². The van der Waals surface area contributed by atoms with Crippen molar-refractivity contribution in [2.75, 3.05) is 24.9 Å². The summed E-state index contributed by atoms with van der Waals surface area (Å²) in [7, 11) is 3.02. The largest absolute Gasteiger partial charge is 0.496 e. The molecule has 2 aromatic carbocycles. The molecule has 120 valence electrons. The first-order chi connectivity index (χ1) is 11.7. The zero-order chi connectivity index (χ0) is 16.8. The summed E-state index contributed by atoms with van der Waals surface area (Å²) in [5.74, 6) is 0.400. The van der Waals surface area contributed by atoms with Crippen LogP contribution < -0.4 is 20.1 Å². The molecule has 6 nitrogen and oxygen atoms in total. The van der Waals surface area contributed by atoms with Crippen molar-refractivity contribution in [3.05, 3.63) is 58.9 Å². The summed E-state index contributed by atoms with van der Waals surface area (Å²) in [5.41, 5.74) is 2.55. The van der Waals surface area contributed by atoms with Gasteiger partial charge in [-0.1, -0.05) is 12.1 Å². The van der Waals surface area contributed by atoms with Gasteiger partial charge in [-0.2, -0.15) is 0 Å². The van der Waals surface area contributed by atoms with Crippen LogP contribution in [0, 0.1) is 0 Å². The van der Waals surface area contributed by atoms with Crippen LogP contribution in [0.2, 0.25) is 0 Å². The fourth-order valence-corrected chi connectivity index (χ4v) is 3.06. The molecule has 24 heavy (non-hydrogen) atoms. The number of hydrogen-bond donors (Lipinski definition) is 2. The van der Waals surface area contributed by atoms with Gasteiger partial charge in [0.15, 0.2) is 0 Å². The highest BCUT2D eigenvalue weighted by Crippen LogP contribution is 2.40. The second kappa shape index (κ2) is 5.13. The van der Waals surface area contributed by atoms with Gasteiger partial charge in [0.05, 0.1) is 36.7 Å². The van der Waals surface area contributed by atoms with Crippen LogP contribution in [0.25, 0.3) is 0 Å². The minimum absolute atomic E-state index is 0.220. The molecule has 4 rings (SSSR count). The first-order valence-corrected chi connectivity index (χ1v) is 7.37. The Labute approximate surface area is 138 Å². The van der Waals surface area contributed by atoms with Gasteiger partial charge >= 0.3 is 0 Å². The highest BCUT2D eigenvalue weighted by Gasteiger charge is 2.37. The van der Waals surface area contributed by atoms with Gasteiger partial charge in [0.25, 0.3) is 0 Å². The maximum absolute atomic E-state index is 12.8. The number of ketones is 2. The lowest BCUT2D eigenvalue weighted by Gasteiger charge is -2.03. The predicted octanol–water partition coefficient (Wildman–Crippen LogP) is 2.83. The van der Waals surface area contributed by atoms with Gasteiger partial charge in [-0.05, 0) is 24.3 Å². The van der Waals surface area contributed by atoms with Crippen LogP contribution in [0.4, 0.5) is 11.4 Å². The van der Waals surface area contributed by atoms with E-state index in [1.807, 2.05) is 0 Å². The second-order valence-corrected chi connectivity index (χ2v) is 5.42. The number of rotatable bonds is 2. The summed E-state index contributed by atoms with van der Waals surface area (Å²) in [6.45, 7) is 0. The van der Waals surface area contributed by atoms with Gasteiger partial charge in [-0.15, -0.1) is 0 Å². The van der Waals surface area contributed by atoms with E-state index in [0.29, 0.717) is 34.0 Å². The SMILES string of the molecule is COc1cccc2c1C(=O)/C(=C1\Nc3cccc(OC)c3C1=O)N2. The average molecular weight is 322 g/mol. The smallest absolute Gasteiger partial charge is 0.217 e. The monoisotopic (exact) mass is 322 g/mol. The Bertz CT molecular complexity index is 855. The van der Waals surface area contributed by atoms with Crippen molar-refractivity contribution in [3.63, 3.8) is 0 Å². The number of ether oxygens (including phenoxy) is 2. The van der Waals surface area contributed by atoms with Gasteiger partial charge in [-0.25, -0.2) is 0 Å². The summed E-state index contributed by atoms with van der Waals surface area (Å²) in [6.07, 6.45) is 0. The first kappa shape index (κ1) is 14.3. The van der Waals surface area contributed by atoms with E-state index in [1.54, 1.807) is 36.4 Å². The van der Waals surface area contributed by atoms with E-state index in [4.69, 9.17) is 9.47 Å². The second-order valence-electron chi connectivity index (χ2n) is 5.42. The summed E-state index contributed by atoms with van der Waals surface area (Å²) in [4.78, 5) is 25.6. The van der Waals surface area contributed by atoms with Gasteiger partial charge < -0.3 is 20.1 Å². The van der Waals surface area contributed by atoms with E-state index in [1.165, 1.54) is 14.2 Å². The van der Waals surface area contributed by atoms with Crippen molar-refractivity contribution in [1.29, 1.82) is 0 Å². The van der Waals surface area contributed by atoms with E-state index >= 15 is 0 Å². The molecule has 2 aromatic rings. The zero-order valence-corrected chi connectivity index (χ0v) is 13.1. The molecule has 0 aromatic heterocycles. The first-order valence-electron chi connectivity index (χ1n) is 7.37. The normalized spacial score (nSPS) is 17.9. The Morgan fingerprint density at radius 2 is 1.12 bits per heavy atom. The number of methoxy groups -OCH3 is 2. The van der Waals surface area contributed by atoms with Crippen molar-refractivity contribution in [2.45, 2.75) is 0 Å². The van der Waals surface area contributed by atoms with Crippen LogP contribution in [-0.4, -0.2) is 25.8 Å². The number of carbonyl (C=O) groups is 2. The lowest BCUT2D eigenvalue weighted by molar-refractivity contribution is 0.101. The molecule has 2 aliphatic rings. The van der Waals surface area contributed by atoms with Gasteiger partial charge in [0, 0.05) is 0 Å². The molecule has 0 aliphatic carbocycles. The van der Waals surface area contributed by atoms with Crippen LogP contribution in [0.1, 0.15) is 20.7 Å². The molecule has 2 aliphatic heterocycles. The number of nitrogens with one attached hydrogen (secondary N) is 2. The molecule has 0 saturated heterocycles. The van der Waals surface area contributed by atoms with Crippen LogP contribution in [0.15, 0.2) is 47.8 Å². The standard InChI is InChI=1S/C18H14N2O4/c1-23-11-7-3-5-9-13(11)17(21)15(19-9)16-18(22)14-10(20-16)6-4-8-12(14)24-2/h3-8,19-20H,1-2H3/b16-15+. The lowest BCUT2D eigenvalue weighted by Crippen LogP contribution is -2.13. The molecule has 0 spiro atoms. The maximum Gasteiger partial charge on any atom is 0.217 e. The lowest BCUT2D eigenvalue weighted by atomic mass is 10.1. The third kappa shape index (κ3) is 1.83. The zero-order valence-electron chi connectivity index (χ0n) is 13.1. The highest BCUT2D eigenvalue weighted by molar-refractivity contribution is 6.28. The third-order valence-electron chi connectivity index (χ3n) is 4.17. The number of anilines is 2. The Balaban J connectivity index is 1.84. The van der Waals surface area contributed by atoms with E-state index < -0.39 is 0 Å². The van der Waals surface area contributed by atoms with Crippen molar-refractivity contribution >= 4 is 22.9 Å². The molecule has 2 heterocycles. The van der Waals surface area contributed by atoms with Crippen molar-refractivity contribution in [1.82, 2.24) is 0 Å². The third-order valence-corrected chi connectivity index (χ3v) is 4.17. The molecule has 0 fully saturated rings. The molecule has 0 unspecified atom stereocenters. The number of benzene rings is 2. The van der Waals surface area contributed by atoms with E-state index in [9.17, 15) is 9.59 Å². The Morgan fingerprint density at radius 1 is 0.708 bits per heavy atom. The molecule has 2 N–H and O–H groups in total. The quantitative estimate of drug-likeness (QED) is 0.828. The van der Waals surface area contributed by atoms with E-state index in [0.717, 1.165) is 0 Å². The fraction of sp³-hybridized carbons (Fsp3) is 0.111. The number of Topliss-reactive ketones (excluding diaryl/α,β-unsaturated/α-hetero) is 2. The van der Waals surface area contributed by atoms with E-state index in [2.05, 4.69) is 10.6 Å². The summed E-state index contributed by atoms with van der Waals surface area (Å²) in [6, 6.07) is 10.6. The van der Waals surface area contributed by atoms with Gasteiger partial charge in [-0.3, -0.25) is 9.59 Å². The number of fused-ring (bicyclic) bond motifs is 2. The van der Waals surface area contributed by atoms with Crippen molar-refractivity contribution in [3.8, 4) is 11.5 Å². The fourth-order valence-electron chi connectivity index (χ4n) is 3.06. The molecule has 0 radical (unpaired) electrons. The maximum atomic E-state index is 12.8. The molecule has 0 atom stereocenters. The minimum atomic E-state index is -0.273. The molecular weight excluding hydrogens is 308 g/mol. The predicted molar refractivity (Wildman–Crippen MR) is 88.9 cm³/mol. The molecule has 0 amide bonds. The Morgan fingerprint density at radius 3 is 1.50 bits per heavy atom. The molecule has 6 heteroatoms. The summed E-state index contributed by atoms with van der Waals surface area (Å²) in [5, 5.41) is 6.06. The van der Waals surface area contributed by atoms with Crippen LogP contribution >= 0.6 is 0 Å². The number of hydrogen-bond acceptors (Lipinski definition) is 6. The molecule has 0 bridgehead atoms. The van der Waals surface area contributed by atoms with Gasteiger partial charge in [0.2, 0.25) is 11.6 Å². The van der Waals surface area contributed by atoms with Crippen molar-refractivity contribution in [2.24, 2.45) is 0 Å². The number of allylic oxidation sites excluding steroid dienone is 2. The summed E-state index contributed by atoms with van der Waals surface area (Å²) < 4.78 is 10.5. The van der Waals surface area contributed by atoms with E-state index in [-0.39, 0.29) is 23.0 Å². The number of carbonyl (C=O) groups excluding carboxylic acids is 2. The minimum Gasteiger partial charge on any atom is -0.496 e. The molecular formula is C18H14N2O4. The summed E-state index contributed by atoms with van der Waals surface area (Å²) >= 11 is 0.